The molecule has 0 saturated heterocycles. The number of nitrogens with zero attached hydrogens (tertiary/aromatic N) is 1. The van der Waals surface area contributed by atoms with E-state index in [1.54, 1.807) is 20.8 Å². The van der Waals surface area contributed by atoms with Gasteiger partial charge in [0.25, 0.3) is 0 Å². The molecule has 1 unspecified atom stereocenters. The quantitative estimate of drug-likeness (QED) is 0.892. The summed E-state index contributed by atoms with van der Waals surface area (Å²) in [5.74, 6) is 0. The van der Waals surface area contributed by atoms with Gasteiger partial charge in [0, 0.05) is 4.47 Å². The molecule has 0 saturated carbocycles. The number of halogens is 1. The van der Waals surface area contributed by atoms with Crippen molar-refractivity contribution in [1.82, 2.24) is 4.72 Å². The highest BCUT2D eigenvalue weighted by molar-refractivity contribution is 9.10. The van der Waals surface area contributed by atoms with Crippen LogP contribution in [-0.4, -0.2) is 13.7 Å². The molecule has 1 aromatic carbocycles. The van der Waals surface area contributed by atoms with E-state index in [0.29, 0.717) is 0 Å². The van der Waals surface area contributed by atoms with E-state index in [1.165, 1.54) is 0 Å². The maximum absolute atomic E-state index is 12.1. The third-order valence-corrected chi connectivity index (χ3v) is 5.36. The Bertz CT molecular complexity index is 574. The fourth-order valence-corrected chi connectivity index (χ4v) is 3.55. The Morgan fingerprint density at radius 3 is 2.32 bits per heavy atom. The van der Waals surface area contributed by atoms with Crippen molar-refractivity contribution in [1.29, 1.82) is 5.26 Å². The van der Waals surface area contributed by atoms with Crippen molar-refractivity contribution in [3.8, 4) is 6.07 Å². The van der Waals surface area contributed by atoms with Crippen LogP contribution in [-0.2, 0) is 15.6 Å². The summed E-state index contributed by atoms with van der Waals surface area (Å²) in [5, 5.41) is 7.86. The van der Waals surface area contributed by atoms with Crippen LogP contribution in [0.2, 0.25) is 0 Å². The zero-order chi connectivity index (χ0) is 14.7. The molecule has 6 heteroatoms. The smallest absolute Gasteiger partial charge is 0.211 e. The number of hydrogen-bond acceptors (Lipinski definition) is 3. The topological polar surface area (TPSA) is 70.0 Å². The Morgan fingerprint density at radius 1 is 1.37 bits per heavy atom. The molecule has 19 heavy (non-hydrogen) atoms. The summed E-state index contributed by atoms with van der Waals surface area (Å²) >= 11 is 3.34. The van der Waals surface area contributed by atoms with E-state index in [-0.39, 0.29) is 6.42 Å². The third kappa shape index (κ3) is 4.03. The highest BCUT2D eigenvalue weighted by Gasteiger charge is 2.31. The van der Waals surface area contributed by atoms with Gasteiger partial charge >= 0.3 is 0 Å². The van der Waals surface area contributed by atoms with Gasteiger partial charge in [0.2, 0.25) is 10.0 Å². The molecular weight excluding hydrogens is 328 g/mol. The zero-order valence-electron chi connectivity index (χ0n) is 11.1. The molecule has 0 aliphatic rings. The van der Waals surface area contributed by atoms with Gasteiger partial charge in [0.15, 0.2) is 5.25 Å². The van der Waals surface area contributed by atoms with Gasteiger partial charge in [-0.15, -0.1) is 0 Å². The van der Waals surface area contributed by atoms with E-state index in [2.05, 4.69) is 20.7 Å². The van der Waals surface area contributed by atoms with Gasteiger partial charge in [-0.2, -0.15) is 5.26 Å². The van der Waals surface area contributed by atoms with E-state index in [9.17, 15) is 8.42 Å². The predicted molar refractivity (Wildman–Crippen MR) is 78.9 cm³/mol. The SMILES string of the molecule is CCC(C#N)S(=O)(=O)NC(C)(C)c1ccc(Br)cc1. The number of benzene rings is 1. The fourth-order valence-electron chi connectivity index (χ4n) is 1.73. The van der Waals surface area contributed by atoms with Crippen molar-refractivity contribution in [3.63, 3.8) is 0 Å². The molecule has 0 spiro atoms. The average Bonchev–Trinajstić information content (AvgIpc) is 2.29. The fraction of sp³-hybridized carbons (Fsp3) is 0.462. The second kappa shape index (κ2) is 6.04. The molecule has 0 aliphatic carbocycles. The maximum atomic E-state index is 12.1. The molecule has 0 fully saturated rings. The third-order valence-electron chi connectivity index (χ3n) is 2.85. The van der Waals surface area contributed by atoms with Gasteiger partial charge in [-0.25, -0.2) is 13.1 Å². The minimum absolute atomic E-state index is 0.266. The molecule has 104 valence electrons. The summed E-state index contributed by atoms with van der Waals surface area (Å²) in [7, 11) is -3.66. The van der Waals surface area contributed by atoms with E-state index in [4.69, 9.17) is 5.26 Å². The lowest BCUT2D eigenvalue weighted by Gasteiger charge is -2.27. The molecule has 0 aromatic heterocycles. The number of hydrogen-bond donors (Lipinski definition) is 1. The summed E-state index contributed by atoms with van der Waals surface area (Å²) in [4.78, 5) is 0. The van der Waals surface area contributed by atoms with E-state index >= 15 is 0 Å². The van der Waals surface area contributed by atoms with Crippen LogP contribution < -0.4 is 4.72 Å². The molecule has 0 amide bonds. The van der Waals surface area contributed by atoms with E-state index < -0.39 is 20.8 Å². The van der Waals surface area contributed by atoms with Gasteiger partial charge < -0.3 is 0 Å². The van der Waals surface area contributed by atoms with Crippen LogP contribution in [0.1, 0.15) is 32.8 Å². The highest BCUT2D eigenvalue weighted by Crippen LogP contribution is 2.24. The lowest BCUT2D eigenvalue weighted by Crippen LogP contribution is -2.45. The number of nitrogens with one attached hydrogen (secondary N) is 1. The molecule has 0 bridgehead atoms. The summed E-state index contributed by atoms with van der Waals surface area (Å²) in [5.41, 5.74) is 0.0798. The normalized spacial score (nSPS) is 13.8. The molecule has 1 N–H and O–H groups in total. The van der Waals surface area contributed by atoms with Gasteiger partial charge in [0.1, 0.15) is 0 Å². The van der Waals surface area contributed by atoms with Gasteiger partial charge in [0.05, 0.1) is 11.6 Å². The Balaban J connectivity index is 3.03. The molecular formula is C13H17BrN2O2S. The van der Waals surface area contributed by atoms with Gasteiger partial charge in [-0.3, -0.25) is 0 Å². The Hall–Kier alpha value is -0.900. The first kappa shape index (κ1) is 16.2. The average molecular weight is 345 g/mol. The zero-order valence-corrected chi connectivity index (χ0v) is 13.5. The molecule has 1 aromatic rings. The lowest BCUT2D eigenvalue weighted by atomic mass is 9.96. The molecule has 1 rings (SSSR count). The van der Waals surface area contributed by atoms with Crippen LogP contribution in [0.3, 0.4) is 0 Å². The van der Waals surface area contributed by atoms with Crippen LogP contribution in [0.5, 0.6) is 0 Å². The molecule has 0 radical (unpaired) electrons. The molecule has 0 heterocycles. The van der Waals surface area contributed by atoms with Crippen molar-refractivity contribution < 1.29 is 8.42 Å². The van der Waals surface area contributed by atoms with Crippen molar-refractivity contribution in [2.75, 3.05) is 0 Å². The molecule has 4 nitrogen and oxygen atoms in total. The number of rotatable bonds is 5. The summed E-state index contributed by atoms with van der Waals surface area (Å²) in [6.45, 7) is 5.23. The minimum atomic E-state index is -3.66. The Labute approximate surface area is 123 Å². The first-order valence-corrected chi connectivity index (χ1v) is 8.25. The van der Waals surface area contributed by atoms with Crippen molar-refractivity contribution in [3.05, 3.63) is 34.3 Å². The van der Waals surface area contributed by atoms with Crippen LogP contribution in [0.25, 0.3) is 0 Å². The second-order valence-corrected chi connectivity index (χ2v) is 7.58. The Morgan fingerprint density at radius 2 is 1.89 bits per heavy atom. The lowest BCUT2D eigenvalue weighted by molar-refractivity contribution is 0.468. The predicted octanol–water partition coefficient (Wildman–Crippen LogP) is 2.91. The van der Waals surface area contributed by atoms with E-state index in [1.807, 2.05) is 30.3 Å². The van der Waals surface area contributed by atoms with Crippen LogP contribution >= 0.6 is 15.9 Å². The van der Waals surface area contributed by atoms with E-state index in [0.717, 1.165) is 10.0 Å². The standard InChI is InChI=1S/C13H17BrN2O2S/c1-4-12(9-15)19(17,18)16-13(2,3)10-5-7-11(14)8-6-10/h5-8,12,16H,4H2,1-3H3. The van der Waals surface area contributed by atoms with Crippen molar-refractivity contribution in [2.24, 2.45) is 0 Å². The van der Waals surface area contributed by atoms with Crippen molar-refractivity contribution in [2.45, 2.75) is 38.0 Å². The summed E-state index contributed by atoms with van der Waals surface area (Å²) in [6, 6.07) is 9.22. The van der Waals surface area contributed by atoms with Crippen LogP contribution in [0, 0.1) is 11.3 Å². The maximum Gasteiger partial charge on any atom is 0.228 e. The largest absolute Gasteiger partial charge is 0.228 e. The number of sulfonamides is 1. The summed E-state index contributed by atoms with van der Waals surface area (Å²) < 4.78 is 27.7. The summed E-state index contributed by atoms with van der Waals surface area (Å²) in [6.07, 6.45) is 0.266. The minimum Gasteiger partial charge on any atom is -0.211 e. The number of nitriles is 1. The first-order valence-electron chi connectivity index (χ1n) is 5.91. The highest BCUT2D eigenvalue weighted by atomic mass is 79.9. The van der Waals surface area contributed by atoms with Crippen molar-refractivity contribution >= 4 is 26.0 Å². The van der Waals surface area contributed by atoms with Gasteiger partial charge in [-0.05, 0) is 38.0 Å². The van der Waals surface area contributed by atoms with Gasteiger partial charge in [-0.1, -0.05) is 35.0 Å². The van der Waals surface area contributed by atoms with Crippen LogP contribution in [0.15, 0.2) is 28.7 Å². The molecule has 1 atom stereocenters. The monoisotopic (exact) mass is 344 g/mol. The second-order valence-electron chi connectivity index (χ2n) is 4.80. The van der Waals surface area contributed by atoms with Crippen LogP contribution in [0.4, 0.5) is 0 Å². The molecule has 0 aliphatic heterocycles. The first-order chi connectivity index (χ1) is 8.73. The Kier molecular flexibility index (Phi) is 5.13.